The molecular weight excluding hydrogens is 245 g/mol. The number of aryl methyl sites for hydroxylation is 1. The lowest BCUT2D eigenvalue weighted by Crippen LogP contribution is -2.00. The van der Waals surface area contributed by atoms with Crippen molar-refractivity contribution in [3.05, 3.63) is 35.4 Å². The van der Waals surface area contributed by atoms with E-state index < -0.39 is 0 Å². The number of imidazole rings is 1. The molecule has 0 unspecified atom stereocenters. The van der Waals surface area contributed by atoms with E-state index in [2.05, 4.69) is 11.1 Å². The lowest BCUT2D eigenvalue weighted by atomic mass is 10.2. The van der Waals surface area contributed by atoms with Crippen molar-refractivity contribution in [1.29, 1.82) is 5.26 Å². The van der Waals surface area contributed by atoms with Gasteiger partial charge >= 0.3 is 0 Å². The molecule has 0 aliphatic rings. The highest BCUT2D eigenvalue weighted by Gasteiger charge is 2.16. The van der Waals surface area contributed by atoms with E-state index >= 15 is 0 Å². The first-order valence-corrected chi connectivity index (χ1v) is 5.81. The summed E-state index contributed by atoms with van der Waals surface area (Å²) in [5, 5.41) is 8.82. The second kappa shape index (κ2) is 5.11. The van der Waals surface area contributed by atoms with E-state index in [-0.39, 0.29) is 12.2 Å². The van der Waals surface area contributed by atoms with Crippen LogP contribution in [0.5, 0.6) is 5.75 Å². The minimum absolute atomic E-state index is 0.271. The van der Waals surface area contributed by atoms with Crippen LogP contribution in [-0.2, 0) is 13.5 Å². The summed E-state index contributed by atoms with van der Waals surface area (Å²) in [6.45, 7) is 1.84. The molecular formula is C14H14FN3O. The molecule has 0 radical (unpaired) electrons. The molecule has 4 nitrogen and oxygen atoms in total. The summed E-state index contributed by atoms with van der Waals surface area (Å²) in [7, 11) is 3.34. The Balaban J connectivity index is 2.63. The molecule has 0 atom stereocenters. The second-order valence-electron chi connectivity index (χ2n) is 4.21. The molecule has 2 rings (SSSR count). The number of aromatic nitrogens is 2. The van der Waals surface area contributed by atoms with Gasteiger partial charge in [0.2, 0.25) is 0 Å². The molecule has 0 fully saturated rings. The lowest BCUT2D eigenvalue weighted by Gasteiger charge is -2.09. The number of benzene rings is 1. The highest BCUT2D eigenvalue weighted by Crippen LogP contribution is 2.30. The second-order valence-corrected chi connectivity index (χ2v) is 4.21. The molecule has 5 heteroatoms. The minimum Gasteiger partial charge on any atom is -0.496 e. The van der Waals surface area contributed by atoms with Crippen LogP contribution in [0.1, 0.15) is 11.4 Å². The van der Waals surface area contributed by atoms with Crippen molar-refractivity contribution in [2.24, 2.45) is 7.05 Å². The fourth-order valence-electron chi connectivity index (χ4n) is 2.09. The summed E-state index contributed by atoms with van der Waals surface area (Å²) in [6.07, 6.45) is 0.271. The molecule has 98 valence electrons. The van der Waals surface area contributed by atoms with Crippen LogP contribution in [0.2, 0.25) is 0 Å². The van der Waals surface area contributed by atoms with Gasteiger partial charge in [-0.1, -0.05) is 0 Å². The number of halogens is 1. The standard InChI is InChI=1S/C14H14FN3O/c1-9-12(6-7-16)18(2)14(17-9)11-8-10(15)4-5-13(11)19-3/h4-5,8H,6H2,1-3H3. The Labute approximate surface area is 111 Å². The van der Waals surface area contributed by atoms with Crippen molar-refractivity contribution >= 4 is 0 Å². The predicted molar refractivity (Wildman–Crippen MR) is 69.2 cm³/mol. The van der Waals surface area contributed by atoms with Gasteiger partial charge < -0.3 is 9.30 Å². The molecule has 1 aromatic heterocycles. The Kier molecular flexibility index (Phi) is 3.52. The first-order valence-electron chi connectivity index (χ1n) is 5.81. The zero-order chi connectivity index (χ0) is 14.0. The number of hydrogen-bond acceptors (Lipinski definition) is 3. The van der Waals surface area contributed by atoms with Crippen molar-refractivity contribution in [2.75, 3.05) is 7.11 Å². The average molecular weight is 259 g/mol. The van der Waals surface area contributed by atoms with Gasteiger partial charge in [-0.05, 0) is 25.1 Å². The Hall–Kier alpha value is -2.35. The van der Waals surface area contributed by atoms with Gasteiger partial charge in [-0.15, -0.1) is 0 Å². The molecule has 1 aromatic carbocycles. The van der Waals surface area contributed by atoms with Crippen molar-refractivity contribution in [2.45, 2.75) is 13.3 Å². The predicted octanol–water partition coefficient (Wildman–Crippen LogP) is 2.61. The van der Waals surface area contributed by atoms with Crippen LogP contribution in [0.15, 0.2) is 18.2 Å². The Morgan fingerprint density at radius 2 is 2.21 bits per heavy atom. The van der Waals surface area contributed by atoms with E-state index in [1.54, 1.807) is 10.6 Å². The van der Waals surface area contributed by atoms with Crippen molar-refractivity contribution < 1.29 is 9.13 Å². The van der Waals surface area contributed by atoms with E-state index in [0.29, 0.717) is 17.1 Å². The van der Waals surface area contributed by atoms with E-state index in [4.69, 9.17) is 10.00 Å². The Morgan fingerprint density at radius 3 is 2.84 bits per heavy atom. The van der Waals surface area contributed by atoms with Gasteiger partial charge in [0.25, 0.3) is 0 Å². The van der Waals surface area contributed by atoms with Gasteiger partial charge in [0.1, 0.15) is 17.4 Å². The summed E-state index contributed by atoms with van der Waals surface area (Å²) in [5.74, 6) is 0.801. The molecule has 1 heterocycles. The maximum atomic E-state index is 13.4. The van der Waals surface area contributed by atoms with Gasteiger partial charge in [0.05, 0.1) is 36.6 Å². The largest absolute Gasteiger partial charge is 0.496 e. The molecule has 0 amide bonds. The zero-order valence-electron chi connectivity index (χ0n) is 11.1. The van der Waals surface area contributed by atoms with Crippen LogP contribution >= 0.6 is 0 Å². The summed E-state index contributed by atoms with van der Waals surface area (Å²) >= 11 is 0. The maximum absolute atomic E-state index is 13.4. The third-order valence-electron chi connectivity index (χ3n) is 3.06. The monoisotopic (exact) mass is 259 g/mol. The minimum atomic E-state index is -0.349. The number of hydrogen-bond donors (Lipinski definition) is 0. The molecule has 2 aromatic rings. The van der Waals surface area contributed by atoms with Crippen LogP contribution in [-0.4, -0.2) is 16.7 Å². The lowest BCUT2D eigenvalue weighted by molar-refractivity contribution is 0.415. The number of methoxy groups -OCH3 is 1. The number of nitrogens with zero attached hydrogens (tertiary/aromatic N) is 3. The summed E-state index contributed by atoms with van der Waals surface area (Å²) in [6, 6.07) is 6.40. The SMILES string of the molecule is COc1ccc(F)cc1-c1nc(C)c(CC#N)n1C. The van der Waals surface area contributed by atoms with E-state index in [0.717, 1.165) is 11.4 Å². The Bertz CT molecular complexity index is 655. The zero-order valence-corrected chi connectivity index (χ0v) is 11.1. The van der Waals surface area contributed by atoms with Crippen molar-refractivity contribution in [3.8, 4) is 23.2 Å². The van der Waals surface area contributed by atoms with Crippen molar-refractivity contribution in [3.63, 3.8) is 0 Å². The molecule has 0 bridgehead atoms. The molecule has 19 heavy (non-hydrogen) atoms. The topological polar surface area (TPSA) is 50.8 Å². The smallest absolute Gasteiger partial charge is 0.144 e. The fourth-order valence-corrected chi connectivity index (χ4v) is 2.09. The van der Waals surface area contributed by atoms with Crippen LogP contribution in [0, 0.1) is 24.1 Å². The summed E-state index contributed by atoms with van der Waals surface area (Å²) < 4.78 is 20.4. The highest BCUT2D eigenvalue weighted by atomic mass is 19.1. The Morgan fingerprint density at radius 1 is 1.47 bits per heavy atom. The molecule has 0 spiro atoms. The van der Waals surface area contributed by atoms with Gasteiger partial charge in [-0.2, -0.15) is 5.26 Å². The molecule has 0 saturated carbocycles. The summed E-state index contributed by atoms with van der Waals surface area (Å²) in [5.41, 5.74) is 2.17. The molecule has 0 saturated heterocycles. The van der Waals surface area contributed by atoms with Crippen LogP contribution < -0.4 is 4.74 Å². The van der Waals surface area contributed by atoms with Crippen molar-refractivity contribution in [1.82, 2.24) is 9.55 Å². The van der Waals surface area contributed by atoms with Gasteiger partial charge in [0, 0.05) is 7.05 Å². The third-order valence-corrected chi connectivity index (χ3v) is 3.06. The van der Waals surface area contributed by atoms with E-state index in [1.807, 2.05) is 14.0 Å². The van der Waals surface area contributed by atoms with Crippen LogP contribution in [0.3, 0.4) is 0 Å². The number of nitriles is 1. The average Bonchev–Trinajstić information content (AvgIpc) is 2.67. The first kappa shape index (κ1) is 13.1. The quantitative estimate of drug-likeness (QED) is 0.851. The highest BCUT2D eigenvalue weighted by molar-refractivity contribution is 5.65. The molecule has 0 aliphatic heterocycles. The summed E-state index contributed by atoms with van der Waals surface area (Å²) in [4.78, 5) is 4.41. The van der Waals surface area contributed by atoms with Crippen LogP contribution in [0.25, 0.3) is 11.4 Å². The normalized spacial score (nSPS) is 10.3. The van der Waals surface area contributed by atoms with E-state index in [9.17, 15) is 4.39 Å². The van der Waals surface area contributed by atoms with Gasteiger partial charge in [-0.25, -0.2) is 9.37 Å². The molecule has 0 aliphatic carbocycles. The third kappa shape index (κ3) is 2.29. The first-order chi connectivity index (χ1) is 9.08. The number of ether oxygens (including phenoxy) is 1. The van der Waals surface area contributed by atoms with E-state index in [1.165, 1.54) is 19.2 Å². The van der Waals surface area contributed by atoms with Gasteiger partial charge in [-0.3, -0.25) is 0 Å². The van der Waals surface area contributed by atoms with Crippen LogP contribution in [0.4, 0.5) is 4.39 Å². The molecule has 0 N–H and O–H groups in total. The fraction of sp³-hybridized carbons (Fsp3) is 0.286. The maximum Gasteiger partial charge on any atom is 0.144 e. The van der Waals surface area contributed by atoms with Gasteiger partial charge in [0.15, 0.2) is 0 Å². The number of rotatable bonds is 3.